The van der Waals surface area contributed by atoms with Gasteiger partial charge < -0.3 is 10.5 Å². The standard InChI is InChI=1S/C11H23NO/c1-6-9(12)8-7-10(2,3)13-11(8,4)5/h8-9H,6-7,12H2,1-5H3. The first-order chi connectivity index (χ1) is 5.78. The molecule has 1 fully saturated rings. The van der Waals surface area contributed by atoms with Crippen LogP contribution in [0.25, 0.3) is 0 Å². The van der Waals surface area contributed by atoms with E-state index in [0.29, 0.717) is 5.92 Å². The maximum atomic E-state index is 6.09. The van der Waals surface area contributed by atoms with Gasteiger partial charge in [-0.25, -0.2) is 0 Å². The molecule has 78 valence electrons. The molecule has 0 amide bonds. The Hall–Kier alpha value is -0.0800. The summed E-state index contributed by atoms with van der Waals surface area (Å²) in [4.78, 5) is 0. The van der Waals surface area contributed by atoms with Gasteiger partial charge in [-0.05, 0) is 40.5 Å². The molecule has 2 unspecified atom stereocenters. The molecule has 1 aliphatic rings. The molecule has 0 aliphatic carbocycles. The van der Waals surface area contributed by atoms with Crippen molar-refractivity contribution in [3.63, 3.8) is 0 Å². The van der Waals surface area contributed by atoms with Crippen molar-refractivity contribution in [3.05, 3.63) is 0 Å². The van der Waals surface area contributed by atoms with Crippen molar-refractivity contribution in [2.75, 3.05) is 0 Å². The van der Waals surface area contributed by atoms with Gasteiger partial charge in [0.2, 0.25) is 0 Å². The molecule has 2 N–H and O–H groups in total. The predicted octanol–water partition coefficient (Wildman–Crippen LogP) is 2.32. The molecule has 2 heteroatoms. The molecule has 0 aromatic rings. The van der Waals surface area contributed by atoms with Crippen molar-refractivity contribution in [2.45, 2.75) is 64.7 Å². The van der Waals surface area contributed by atoms with Crippen LogP contribution in [0.1, 0.15) is 47.5 Å². The van der Waals surface area contributed by atoms with Crippen molar-refractivity contribution in [1.82, 2.24) is 0 Å². The summed E-state index contributed by atoms with van der Waals surface area (Å²) in [5.41, 5.74) is 6.04. The van der Waals surface area contributed by atoms with E-state index in [2.05, 4.69) is 34.6 Å². The van der Waals surface area contributed by atoms with Crippen molar-refractivity contribution in [1.29, 1.82) is 0 Å². The molecule has 1 rings (SSSR count). The van der Waals surface area contributed by atoms with Gasteiger partial charge in [-0.2, -0.15) is 0 Å². The third-order valence-corrected chi connectivity index (χ3v) is 3.13. The van der Waals surface area contributed by atoms with E-state index >= 15 is 0 Å². The Labute approximate surface area is 81.8 Å². The van der Waals surface area contributed by atoms with Crippen LogP contribution in [0.5, 0.6) is 0 Å². The lowest BCUT2D eigenvalue weighted by Crippen LogP contribution is -2.40. The maximum Gasteiger partial charge on any atom is 0.0677 e. The molecule has 1 saturated heterocycles. The molecular weight excluding hydrogens is 162 g/mol. The first kappa shape index (κ1) is 11.0. The highest BCUT2D eigenvalue weighted by atomic mass is 16.5. The molecule has 0 bridgehead atoms. The highest BCUT2D eigenvalue weighted by Gasteiger charge is 2.47. The average molecular weight is 185 g/mol. The fraction of sp³-hybridized carbons (Fsp3) is 1.00. The van der Waals surface area contributed by atoms with Crippen LogP contribution in [0, 0.1) is 5.92 Å². The third kappa shape index (κ3) is 2.23. The minimum absolute atomic E-state index is 0.000949. The van der Waals surface area contributed by atoms with Gasteiger partial charge in [0, 0.05) is 12.0 Å². The van der Waals surface area contributed by atoms with Crippen molar-refractivity contribution >= 4 is 0 Å². The normalized spacial score (nSPS) is 33.2. The van der Waals surface area contributed by atoms with E-state index in [9.17, 15) is 0 Å². The SMILES string of the molecule is CCC(N)C1CC(C)(C)OC1(C)C. The van der Waals surface area contributed by atoms with Crippen LogP contribution in [0.2, 0.25) is 0 Å². The van der Waals surface area contributed by atoms with Gasteiger partial charge in [0.15, 0.2) is 0 Å². The lowest BCUT2D eigenvalue weighted by atomic mass is 9.81. The van der Waals surface area contributed by atoms with E-state index in [1.54, 1.807) is 0 Å². The number of nitrogens with two attached hydrogens (primary N) is 1. The molecule has 0 spiro atoms. The minimum atomic E-state index is -0.0566. The second-order valence-electron chi connectivity index (χ2n) is 5.35. The molecule has 1 aliphatic heterocycles. The zero-order chi connectivity index (χ0) is 10.3. The summed E-state index contributed by atoms with van der Waals surface area (Å²) in [7, 11) is 0. The Morgan fingerprint density at radius 2 is 1.92 bits per heavy atom. The van der Waals surface area contributed by atoms with Gasteiger partial charge in [-0.3, -0.25) is 0 Å². The quantitative estimate of drug-likeness (QED) is 0.716. The van der Waals surface area contributed by atoms with Crippen molar-refractivity contribution in [3.8, 4) is 0 Å². The van der Waals surface area contributed by atoms with E-state index in [1.165, 1.54) is 0 Å². The van der Waals surface area contributed by atoms with E-state index in [0.717, 1.165) is 12.8 Å². The predicted molar refractivity (Wildman–Crippen MR) is 55.6 cm³/mol. The van der Waals surface area contributed by atoms with Crippen LogP contribution in [0.3, 0.4) is 0 Å². The summed E-state index contributed by atoms with van der Waals surface area (Å²) < 4.78 is 5.99. The van der Waals surface area contributed by atoms with Crippen LogP contribution in [0.15, 0.2) is 0 Å². The van der Waals surface area contributed by atoms with Crippen LogP contribution in [0.4, 0.5) is 0 Å². The molecule has 1 heterocycles. The Bertz CT molecular complexity index is 187. The van der Waals surface area contributed by atoms with Gasteiger partial charge in [0.05, 0.1) is 11.2 Å². The fourth-order valence-electron chi connectivity index (χ4n) is 2.56. The number of hydrogen-bond donors (Lipinski definition) is 1. The van der Waals surface area contributed by atoms with Crippen LogP contribution in [-0.2, 0) is 4.74 Å². The van der Waals surface area contributed by atoms with E-state index in [-0.39, 0.29) is 17.2 Å². The summed E-state index contributed by atoms with van der Waals surface area (Å²) >= 11 is 0. The van der Waals surface area contributed by atoms with Gasteiger partial charge >= 0.3 is 0 Å². The number of hydrogen-bond acceptors (Lipinski definition) is 2. The summed E-state index contributed by atoms with van der Waals surface area (Å²) in [5.74, 6) is 0.493. The highest BCUT2D eigenvalue weighted by molar-refractivity contribution is 4.98. The van der Waals surface area contributed by atoms with Crippen molar-refractivity contribution in [2.24, 2.45) is 11.7 Å². The second-order valence-corrected chi connectivity index (χ2v) is 5.35. The smallest absolute Gasteiger partial charge is 0.0677 e. The molecule has 0 aromatic heterocycles. The lowest BCUT2D eigenvalue weighted by Gasteiger charge is -2.30. The topological polar surface area (TPSA) is 35.2 Å². The second kappa shape index (κ2) is 3.25. The average Bonchev–Trinajstić information content (AvgIpc) is 2.17. The van der Waals surface area contributed by atoms with Crippen molar-refractivity contribution < 1.29 is 4.74 Å². The summed E-state index contributed by atoms with van der Waals surface area (Å²) in [6.45, 7) is 10.8. The number of rotatable bonds is 2. The summed E-state index contributed by atoms with van der Waals surface area (Å²) in [5, 5.41) is 0. The summed E-state index contributed by atoms with van der Waals surface area (Å²) in [6.07, 6.45) is 2.11. The summed E-state index contributed by atoms with van der Waals surface area (Å²) in [6, 6.07) is 0.275. The first-order valence-electron chi connectivity index (χ1n) is 5.24. The maximum absolute atomic E-state index is 6.09. The molecular formula is C11H23NO. The fourth-order valence-corrected chi connectivity index (χ4v) is 2.56. The molecule has 13 heavy (non-hydrogen) atoms. The van der Waals surface area contributed by atoms with Crippen LogP contribution in [-0.4, -0.2) is 17.2 Å². The zero-order valence-corrected chi connectivity index (χ0v) is 9.55. The Morgan fingerprint density at radius 3 is 2.23 bits per heavy atom. The van der Waals surface area contributed by atoms with Crippen LogP contribution < -0.4 is 5.73 Å². The monoisotopic (exact) mass is 185 g/mol. The van der Waals surface area contributed by atoms with Crippen LogP contribution >= 0.6 is 0 Å². The van der Waals surface area contributed by atoms with Gasteiger partial charge in [-0.1, -0.05) is 6.92 Å². The molecule has 0 aromatic carbocycles. The number of ether oxygens (including phenoxy) is 1. The highest BCUT2D eigenvalue weighted by Crippen LogP contribution is 2.43. The van der Waals surface area contributed by atoms with Gasteiger partial charge in [0.25, 0.3) is 0 Å². The zero-order valence-electron chi connectivity index (χ0n) is 9.55. The minimum Gasteiger partial charge on any atom is -0.369 e. The molecule has 0 radical (unpaired) electrons. The van der Waals surface area contributed by atoms with E-state index in [4.69, 9.17) is 10.5 Å². The molecule has 2 atom stereocenters. The third-order valence-electron chi connectivity index (χ3n) is 3.13. The first-order valence-corrected chi connectivity index (χ1v) is 5.24. The van der Waals surface area contributed by atoms with Gasteiger partial charge in [-0.15, -0.1) is 0 Å². The van der Waals surface area contributed by atoms with Gasteiger partial charge in [0.1, 0.15) is 0 Å². The Balaban J connectivity index is 2.76. The Kier molecular flexibility index (Phi) is 2.75. The molecule has 0 saturated carbocycles. The molecule has 2 nitrogen and oxygen atoms in total. The lowest BCUT2D eigenvalue weighted by molar-refractivity contribution is -0.0766. The van der Waals surface area contributed by atoms with E-state index < -0.39 is 0 Å². The Morgan fingerprint density at radius 1 is 1.38 bits per heavy atom. The largest absolute Gasteiger partial charge is 0.369 e. The van der Waals surface area contributed by atoms with E-state index in [1.807, 2.05) is 0 Å².